The lowest BCUT2D eigenvalue weighted by molar-refractivity contribution is -0.135. The summed E-state index contributed by atoms with van der Waals surface area (Å²) in [5.74, 6) is -1.35. The zero-order chi connectivity index (χ0) is 17.8. The van der Waals surface area contributed by atoms with Crippen LogP contribution < -0.4 is 11.1 Å². The summed E-state index contributed by atoms with van der Waals surface area (Å²) < 4.78 is 6.79. The summed E-state index contributed by atoms with van der Waals surface area (Å²) in [5, 5.41) is 11.1. The van der Waals surface area contributed by atoms with E-state index in [1.165, 1.54) is 4.57 Å². The molecule has 3 rings (SSSR count). The van der Waals surface area contributed by atoms with E-state index in [-0.39, 0.29) is 18.9 Å². The number of carbonyl (C=O) groups excluding carboxylic acids is 2. The molecule has 1 aliphatic rings. The molecule has 2 heterocycles. The predicted octanol–water partition coefficient (Wildman–Crippen LogP) is 1.67. The lowest BCUT2D eigenvalue weighted by Crippen LogP contribution is -2.43. The van der Waals surface area contributed by atoms with Gasteiger partial charge in [-0.3, -0.25) is 19.5 Å². The molecule has 1 fully saturated rings. The summed E-state index contributed by atoms with van der Waals surface area (Å²) in [7, 11) is 0. The van der Waals surface area contributed by atoms with Crippen molar-refractivity contribution in [3.05, 3.63) is 34.3 Å². The molecule has 2 N–H and O–H groups in total. The van der Waals surface area contributed by atoms with Gasteiger partial charge in [0.15, 0.2) is 5.58 Å². The van der Waals surface area contributed by atoms with Crippen LogP contribution in [-0.4, -0.2) is 28.1 Å². The fraction of sp³-hybridized carbons (Fsp3) is 0.500. The van der Waals surface area contributed by atoms with E-state index in [4.69, 9.17) is 9.52 Å². The highest BCUT2D eigenvalue weighted by Gasteiger charge is 2.31. The first kappa shape index (κ1) is 17.4. The summed E-state index contributed by atoms with van der Waals surface area (Å²) in [6.07, 6.45) is 4.97. The molecule has 0 aliphatic carbocycles. The summed E-state index contributed by atoms with van der Waals surface area (Å²) in [5.41, 5.74) is 2.04. The van der Waals surface area contributed by atoms with Crippen molar-refractivity contribution in [3.63, 3.8) is 0 Å². The molecule has 1 saturated heterocycles. The third kappa shape index (κ3) is 3.66. The van der Waals surface area contributed by atoms with Gasteiger partial charge in [0.1, 0.15) is 6.04 Å². The summed E-state index contributed by atoms with van der Waals surface area (Å²) >= 11 is 0. The first-order chi connectivity index (χ1) is 12.1. The number of oxazole rings is 1. The van der Waals surface area contributed by atoms with Crippen molar-refractivity contribution < 1.29 is 19.1 Å². The number of imide groups is 1. The maximum absolute atomic E-state index is 12.3. The van der Waals surface area contributed by atoms with E-state index in [1.807, 2.05) is 12.1 Å². The molecule has 0 spiro atoms. The maximum Gasteiger partial charge on any atom is 0.420 e. The minimum atomic E-state index is -0.716. The van der Waals surface area contributed by atoms with Crippen LogP contribution in [0.15, 0.2) is 27.4 Å². The molecule has 2 amide bonds. The average Bonchev–Trinajstić information content (AvgIpc) is 2.92. The van der Waals surface area contributed by atoms with Crippen LogP contribution in [0.5, 0.6) is 0 Å². The number of unbranched alkanes of at least 4 members (excludes halogenated alkanes) is 3. The number of piperidine rings is 1. The molecule has 2 aromatic rings. The van der Waals surface area contributed by atoms with E-state index < -0.39 is 17.7 Å². The number of rotatable bonds is 7. The van der Waals surface area contributed by atoms with Crippen molar-refractivity contribution >= 4 is 22.9 Å². The monoisotopic (exact) mass is 346 g/mol. The van der Waals surface area contributed by atoms with Crippen LogP contribution in [0.1, 0.15) is 50.1 Å². The molecule has 134 valence electrons. The highest BCUT2D eigenvalue weighted by atomic mass is 16.4. The summed E-state index contributed by atoms with van der Waals surface area (Å²) in [6, 6.07) is 4.82. The SMILES string of the molecule is O=C1CCC(n2c(=O)oc3c(CCCCCCO)cccc32)C(=O)N1. The average molecular weight is 346 g/mol. The molecule has 1 aromatic heterocycles. The number of aliphatic hydroxyl groups is 1. The van der Waals surface area contributed by atoms with Crippen molar-refractivity contribution in [2.75, 3.05) is 6.61 Å². The molecule has 0 radical (unpaired) electrons. The second-order valence-corrected chi connectivity index (χ2v) is 6.36. The highest BCUT2D eigenvalue weighted by Crippen LogP contribution is 2.26. The number of nitrogens with one attached hydrogen (secondary N) is 1. The first-order valence-electron chi connectivity index (χ1n) is 8.69. The van der Waals surface area contributed by atoms with Crippen LogP contribution in [0.4, 0.5) is 0 Å². The molecule has 0 bridgehead atoms. The smallest absolute Gasteiger partial charge is 0.407 e. The second-order valence-electron chi connectivity index (χ2n) is 6.36. The molecule has 0 saturated carbocycles. The Labute approximate surface area is 144 Å². The van der Waals surface area contributed by atoms with E-state index in [0.29, 0.717) is 17.5 Å². The number of fused-ring (bicyclic) bond motifs is 1. The largest absolute Gasteiger partial charge is 0.420 e. The Balaban J connectivity index is 1.85. The number of benzene rings is 1. The molecule has 25 heavy (non-hydrogen) atoms. The number of nitrogens with zero attached hydrogens (tertiary/aromatic N) is 1. The molecule has 1 aliphatic heterocycles. The molecular formula is C18H22N2O5. The van der Waals surface area contributed by atoms with Crippen LogP contribution in [0, 0.1) is 0 Å². The van der Waals surface area contributed by atoms with Gasteiger partial charge >= 0.3 is 5.76 Å². The molecule has 1 aromatic carbocycles. The quantitative estimate of drug-likeness (QED) is 0.586. The minimum Gasteiger partial charge on any atom is -0.407 e. The summed E-state index contributed by atoms with van der Waals surface area (Å²) in [6.45, 7) is 0.208. The number of para-hydroxylation sites is 1. The maximum atomic E-state index is 12.3. The normalized spacial score (nSPS) is 17.9. The first-order valence-corrected chi connectivity index (χ1v) is 8.69. The lowest BCUT2D eigenvalue weighted by atomic mass is 10.0. The van der Waals surface area contributed by atoms with Gasteiger partial charge in [0, 0.05) is 13.0 Å². The Morgan fingerprint density at radius 3 is 2.72 bits per heavy atom. The van der Waals surface area contributed by atoms with Crippen LogP contribution in [-0.2, 0) is 16.0 Å². The van der Waals surface area contributed by atoms with Gasteiger partial charge in [-0.2, -0.15) is 0 Å². The van der Waals surface area contributed by atoms with Crippen LogP contribution in [0.3, 0.4) is 0 Å². The number of aromatic nitrogens is 1. The number of aliphatic hydroxyl groups excluding tert-OH is 1. The van der Waals surface area contributed by atoms with Gasteiger partial charge < -0.3 is 9.52 Å². The molecule has 7 heteroatoms. The fourth-order valence-electron chi connectivity index (χ4n) is 3.31. The third-order valence-electron chi connectivity index (χ3n) is 4.60. The zero-order valence-electron chi connectivity index (χ0n) is 14.0. The van der Waals surface area contributed by atoms with Crippen molar-refractivity contribution in [1.29, 1.82) is 0 Å². The van der Waals surface area contributed by atoms with Crippen molar-refractivity contribution in [1.82, 2.24) is 9.88 Å². The Bertz CT molecular complexity index is 836. The van der Waals surface area contributed by atoms with Gasteiger partial charge in [-0.25, -0.2) is 4.79 Å². The van der Waals surface area contributed by atoms with E-state index in [9.17, 15) is 14.4 Å². The van der Waals surface area contributed by atoms with Crippen molar-refractivity contribution in [2.45, 2.75) is 51.0 Å². The lowest BCUT2D eigenvalue weighted by Gasteiger charge is -2.21. The van der Waals surface area contributed by atoms with E-state index >= 15 is 0 Å². The van der Waals surface area contributed by atoms with Crippen molar-refractivity contribution in [3.8, 4) is 0 Å². The van der Waals surface area contributed by atoms with Gasteiger partial charge in [0.2, 0.25) is 11.8 Å². The Morgan fingerprint density at radius 2 is 1.96 bits per heavy atom. The minimum absolute atomic E-state index is 0.208. The third-order valence-corrected chi connectivity index (χ3v) is 4.60. The number of carbonyl (C=O) groups is 2. The Morgan fingerprint density at radius 1 is 1.16 bits per heavy atom. The Kier molecular flexibility index (Phi) is 5.33. The van der Waals surface area contributed by atoms with Gasteiger partial charge in [-0.15, -0.1) is 0 Å². The highest BCUT2D eigenvalue weighted by molar-refractivity contribution is 6.00. The van der Waals surface area contributed by atoms with Crippen molar-refractivity contribution in [2.24, 2.45) is 0 Å². The molecule has 1 unspecified atom stereocenters. The number of hydrogen-bond acceptors (Lipinski definition) is 5. The van der Waals surface area contributed by atoms with E-state index in [1.54, 1.807) is 6.07 Å². The molecule has 7 nitrogen and oxygen atoms in total. The number of aryl methyl sites for hydroxylation is 1. The van der Waals surface area contributed by atoms with Crippen LogP contribution in [0.25, 0.3) is 11.1 Å². The van der Waals surface area contributed by atoms with E-state index in [0.717, 1.165) is 37.7 Å². The summed E-state index contributed by atoms with van der Waals surface area (Å²) in [4.78, 5) is 35.8. The van der Waals surface area contributed by atoms with Gasteiger partial charge in [-0.1, -0.05) is 25.0 Å². The standard InChI is InChI=1S/C18H22N2O5/c21-11-4-2-1-3-6-12-7-5-8-13-16(12)25-18(24)20(13)14-9-10-15(22)19-17(14)23/h5,7-8,14,21H,1-4,6,9-11H2,(H,19,22,23). The molecular weight excluding hydrogens is 324 g/mol. The van der Waals surface area contributed by atoms with Gasteiger partial charge in [0.05, 0.1) is 5.52 Å². The zero-order valence-corrected chi connectivity index (χ0v) is 14.0. The van der Waals surface area contributed by atoms with E-state index in [2.05, 4.69) is 5.32 Å². The predicted molar refractivity (Wildman–Crippen MR) is 91.2 cm³/mol. The molecule has 1 atom stereocenters. The fourth-order valence-corrected chi connectivity index (χ4v) is 3.31. The van der Waals surface area contributed by atoms with Gasteiger partial charge in [0.25, 0.3) is 0 Å². The topological polar surface area (TPSA) is 102 Å². The van der Waals surface area contributed by atoms with Gasteiger partial charge in [-0.05, 0) is 37.3 Å². The second kappa shape index (κ2) is 7.65. The van der Waals surface area contributed by atoms with Crippen LogP contribution in [0.2, 0.25) is 0 Å². The number of amides is 2. The Hall–Kier alpha value is -2.41. The number of hydrogen-bond donors (Lipinski definition) is 2. The van der Waals surface area contributed by atoms with Crippen LogP contribution >= 0.6 is 0 Å².